The average molecular weight is 486 g/mol. The lowest BCUT2D eigenvalue weighted by molar-refractivity contribution is -0.118. The van der Waals surface area contributed by atoms with Gasteiger partial charge in [0.25, 0.3) is 15.9 Å². The highest BCUT2D eigenvalue weighted by Gasteiger charge is 2.14. The van der Waals surface area contributed by atoms with E-state index in [1.165, 1.54) is 24.3 Å². The molecule has 9 heteroatoms. The van der Waals surface area contributed by atoms with Crippen LogP contribution >= 0.6 is 15.9 Å². The van der Waals surface area contributed by atoms with Crippen LogP contribution in [0.15, 0.2) is 82.2 Å². The number of benzene rings is 3. The fourth-order valence-corrected chi connectivity index (χ4v) is 3.78. The van der Waals surface area contributed by atoms with Crippen LogP contribution in [-0.2, 0) is 14.8 Å². The second kappa shape index (κ2) is 9.43. The van der Waals surface area contributed by atoms with E-state index in [0.717, 1.165) is 4.47 Å². The number of anilines is 2. The number of amides is 1. The number of nitriles is 1. The van der Waals surface area contributed by atoms with Gasteiger partial charge in [-0.3, -0.25) is 9.52 Å². The monoisotopic (exact) mass is 485 g/mol. The molecule has 0 saturated heterocycles. The number of nitrogens with zero attached hydrogens (tertiary/aromatic N) is 1. The van der Waals surface area contributed by atoms with Crippen molar-refractivity contribution in [3.63, 3.8) is 0 Å². The summed E-state index contributed by atoms with van der Waals surface area (Å²) in [5.41, 5.74) is 1.36. The van der Waals surface area contributed by atoms with E-state index >= 15 is 0 Å². The summed E-state index contributed by atoms with van der Waals surface area (Å²) in [5.74, 6) is -0.0581. The topological polar surface area (TPSA) is 108 Å². The zero-order valence-electron chi connectivity index (χ0n) is 15.5. The van der Waals surface area contributed by atoms with Crippen molar-refractivity contribution in [2.75, 3.05) is 16.6 Å². The number of rotatable bonds is 7. The number of hydrogen-bond acceptors (Lipinski definition) is 5. The number of hydrogen-bond donors (Lipinski definition) is 2. The third kappa shape index (κ3) is 5.83. The van der Waals surface area contributed by atoms with E-state index in [4.69, 9.17) is 10.00 Å². The van der Waals surface area contributed by atoms with E-state index in [0.29, 0.717) is 22.7 Å². The van der Waals surface area contributed by atoms with Crippen LogP contribution in [0.5, 0.6) is 5.75 Å². The second-order valence-electron chi connectivity index (χ2n) is 6.11. The lowest BCUT2D eigenvalue weighted by Gasteiger charge is -2.10. The Kier molecular flexibility index (Phi) is 6.72. The predicted octanol–water partition coefficient (Wildman–Crippen LogP) is 4.14. The number of ether oxygens (including phenoxy) is 1. The number of carbonyl (C=O) groups is 1. The first kappa shape index (κ1) is 21.4. The Hall–Kier alpha value is -3.35. The van der Waals surface area contributed by atoms with E-state index in [-0.39, 0.29) is 11.5 Å². The van der Waals surface area contributed by atoms with Gasteiger partial charge in [-0.05, 0) is 66.7 Å². The smallest absolute Gasteiger partial charge is 0.262 e. The number of halogens is 1. The quantitative estimate of drug-likeness (QED) is 0.522. The first-order chi connectivity index (χ1) is 14.4. The molecule has 0 radical (unpaired) electrons. The average Bonchev–Trinajstić information content (AvgIpc) is 2.74. The van der Waals surface area contributed by atoms with Crippen molar-refractivity contribution in [2.24, 2.45) is 0 Å². The summed E-state index contributed by atoms with van der Waals surface area (Å²) in [4.78, 5) is 12.1. The minimum atomic E-state index is -3.75. The Bertz CT molecular complexity index is 1190. The zero-order chi connectivity index (χ0) is 21.6. The minimum Gasteiger partial charge on any atom is -0.484 e. The van der Waals surface area contributed by atoms with Crippen LogP contribution in [0.2, 0.25) is 0 Å². The maximum absolute atomic E-state index is 12.5. The van der Waals surface area contributed by atoms with Gasteiger partial charge in [0, 0.05) is 15.8 Å². The first-order valence-electron chi connectivity index (χ1n) is 8.67. The molecule has 3 aromatic rings. The molecule has 0 heterocycles. The molecule has 152 valence electrons. The standard InChI is InChI=1S/C21H16BrN3O4S/c22-16-4-6-17(7-5-16)25-30(27,28)20-10-8-19(9-11-20)29-14-21(26)24-18-3-1-2-15(12-18)13-23/h1-12,25H,14H2,(H,24,26). The molecule has 7 nitrogen and oxygen atoms in total. The normalized spacial score (nSPS) is 10.7. The molecule has 0 bridgehead atoms. The van der Waals surface area contributed by atoms with Crippen molar-refractivity contribution in [1.29, 1.82) is 5.26 Å². The highest BCUT2D eigenvalue weighted by Crippen LogP contribution is 2.21. The summed E-state index contributed by atoms with van der Waals surface area (Å²) >= 11 is 3.30. The Labute approximate surface area is 182 Å². The summed E-state index contributed by atoms with van der Waals surface area (Å²) in [5, 5.41) is 11.5. The van der Waals surface area contributed by atoms with E-state index in [1.54, 1.807) is 48.5 Å². The van der Waals surface area contributed by atoms with Gasteiger partial charge in [0.15, 0.2) is 6.61 Å². The van der Waals surface area contributed by atoms with E-state index in [1.807, 2.05) is 6.07 Å². The molecule has 1 amide bonds. The molecule has 0 atom stereocenters. The number of nitrogens with one attached hydrogen (secondary N) is 2. The highest BCUT2D eigenvalue weighted by molar-refractivity contribution is 9.10. The van der Waals surface area contributed by atoms with E-state index < -0.39 is 15.9 Å². The molecule has 30 heavy (non-hydrogen) atoms. The van der Waals surface area contributed by atoms with Crippen LogP contribution in [0, 0.1) is 11.3 Å². The van der Waals surface area contributed by atoms with Crippen molar-refractivity contribution in [3.05, 3.63) is 82.8 Å². The fraction of sp³-hybridized carbons (Fsp3) is 0.0476. The van der Waals surface area contributed by atoms with Gasteiger partial charge in [-0.1, -0.05) is 22.0 Å². The molecule has 3 aromatic carbocycles. The molecule has 0 fully saturated rings. The second-order valence-corrected chi connectivity index (χ2v) is 8.71. The lowest BCUT2D eigenvalue weighted by atomic mass is 10.2. The van der Waals surface area contributed by atoms with Gasteiger partial charge in [0.05, 0.1) is 16.5 Å². The van der Waals surface area contributed by atoms with Gasteiger partial charge in [0.1, 0.15) is 5.75 Å². The number of sulfonamides is 1. The summed E-state index contributed by atoms with van der Waals surface area (Å²) in [6.45, 7) is -0.264. The van der Waals surface area contributed by atoms with Gasteiger partial charge >= 0.3 is 0 Å². The SMILES string of the molecule is N#Cc1cccc(NC(=O)COc2ccc(S(=O)(=O)Nc3ccc(Br)cc3)cc2)c1. The van der Waals surface area contributed by atoms with Gasteiger partial charge in [-0.2, -0.15) is 5.26 Å². The van der Waals surface area contributed by atoms with E-state index in [9.17, 15) is 13.2 Å². The molecule has 0 unspecified atom stereocenters. The molecule has 2 N–H and O–H groups in total. The Morgan fingerprint density at radius 1 is 1.00 bits per heavy atom. The van der Waals surface area contributed by atoms with Gasteiger partial charge in [-0.25, -0.2) is 8.42 Å². The molecule has 0 aliphatic heterocycles. The summed E-state index contributed by atoms with van der Waals surface area (Å²) in [7, 11) is -3.75. The molecule has 3 rings (SSSR count). The molecular weight excluding hydrogens is 470 g/mol. The lowest BCUT2D eigenvalue weighted by Crippen LogP contribution is -2.20. The Morgan fingerprint density at radius 3 is 2.37 bits per heavy atom. The maximum Gasteiger partial charge on any atom is 0.262 e. The van der Waals surface area contributed by atoms with Crippen LogP contribution in [0.25, 0.3) is 0 Å². The first-order valence-corrected chi connectivity index (χ1v) is 10.9. The third-order valence-electron chi connectivity index (χ3n) is 3.88. The number of carbonyl (C=O) groups excluding carboxylic acids is 1. The van der Waals surface area contributed by atoms with Crippen LogP contribution in [0.3, 0.4) is 0 Å². The van der Waals surface area contributed by atoms with Gasteiger partial charge in [-0.15, -0.1) is 0 Å². The zero-order valence-corrected chi connectivity index (χ0v) is 17.9. The van der Waals surface area contributed by atoms with Crippen molar-refractivity contribution >= 4 is 43.2 Å². The largest absolute Gasteiger partial charge is 0.484 e. The predicted molar refractivity (Wildman–Crippen MR) is 117 cm³/mol. The van der Waals surface area contributed by atoms with Crippen molar-refractivity contribution < 1.29 is 17.9 Å². The van der Waals surface area contributed by atoms with Crippen molar-refractivity contribution in [3.8, 4) is 11.8 Å². The molecule has 0 aromatic heterocycles. The Balaban J connectivity index is 1.58. The van der Waals surface area contributed by atoms with E-state index in [2.05, 4.69) is 26.0 Å². The van der Waals surface area contributed by atoms with Crippen LogP contribution in [-0.4, -0.2) is 20.9 Å². The van der Waals surface area contributed by atoms with Gasteiger partial charge < -0.3 is 10.1 Å². The van der Waals surface area contributed by atoms with Crippen molar-refractivity contribution in [2.45, 2.75) is 4.90 Å². The molecular formula is C21H16BrN3O4S. The third-order valence-corrected chi connectivity index (χ3v) is 5.80. The summed E-state index contributed by atoms with van der Waals surface area (Å²) in [6, 6.07) is 21.0. The van der Waals surface area contributed by atoms with Gasteiger partial charge in [0.2, 0.25) is 0 Å². The van der Waals surface area contributed by atoms with Crippen LogP contribution < -0.4 is 14.8 Å². The maximum atomic E-state index is 12.5. The highest BCUT2D eigenvalue weighted by atomic mass is 79.9. The summed E-state index contributed by atoms with van der Waals surface area (Å²) in [6.07, 6.45) is 0. The molecule has 0 saturated carbocycles. The molecule has 0 spiro atoms. The molecule has 0 aliphatic carbocycles. The minimum absolute atomic E-state index is 0.0653. The summed E-state index contributed by atoms with van der Waals surface area (Å²) < 4.78 is 33.7. The van der Waals surface area contributed by atoms with Crippen LogP contribution in [0.1, 0.15) is 5.56 Å². The van der Waals surface area contributed by atoms with Crippen LogP contribution in [0.4, 0.5) is 11.4 Å². The fourth-order valence-electron chi connectivity index (χ4n) is 2.46. The van der Waals surface area contributed by atoms with Crippen molar-refractivity contribution in [1.82, 2.24) is 0 Å². The Morgan fingerprint density at radius 2 is 1.70 bits per heavy atom. The molecule has 0 aliphatic rings.